The Labute approximate surface area is 84.8 Å². The van der Waals surface area contributed by atoms with Gasteiger partial charge in [-0.05, 0) is 31.8 Å². The molecular formula is C9H20N4O. The zero-order valence-corrected chi connectivity index (χ0v) is 8.70. The van der Waals surface area contributed by atoms with Crippen molar-refractivity contribution in [2.24, 2.45) is 17.5 Å². The zero-order chi connectivity index (χ0) is 10.6. The average Bonchev–Trinajstić information content (AvgIpc) is 2.67. The van der Waals surface area contributed by atoms with E-state index in [0.29, 0.717) is 12.5 Å². The molecule has 0 aromatic rings. The first kappa shape index (κ1) is 11.4. The number of nitrogens with one attached hydrogen (secondary N) is 1. The first-order chi connectivity index (χ1) is 6.72. The Morgan fingerprint density at radius 2 is 2.43 bits per heavy atom. The van der Waals surface area contributed by atoms with E-state index in [4.69, 9.17) is 11.6 Å². The van der Waals surface area contributed by atoms with Crippen LogP contribution in [0.3, 0.4) is 0 Å². The van der Waals surface area contributed by atoms with Crippen LogP contribution in [0.4, 0.5) is 0 Å². The Hall–Kier alpha value is -0.650. The highest BCUT2D eigenvalue weighted by Crippen LogP contribution is 2.18. The van der Waals surface area contributed by atoms with Crippen LogP contribution >= 0.6 is 0 Å². The van der Waals surface area contributed by atoms with Gasteiger partial charge in [0.2, 0.25) is 0 Å². The smallest absolute Gasteiger partial charge is 0.251 e. The fraction of sp³-hybridized carbons (Fsp3) is 0.889. The maximum atomic E-state index is 11.4. The van der Waals surface area contributed by atoms with Gasteiger partial charge in [-0.2, -0.15) is 0 Å². The molecular weight excluding hydrogens is 180 g/mol. The van der Waals surface area contributed by atoms with Crippen molar-refractivity contribution in [1.29, 1.82) is 0 Å². The monoisotopic (exact) mass is 200 g/mol. The van der Waals surface area contributed by atoms with Gasteiger partial charge in [-0.3, -0.25) is 15.1 Å². The molecule has 5 heteroatoms. The summed E-state index contributed by atoms with van der Waals surface area (Å²) in [5, 5.41) is 0. The lowest BCUT2D eigenvalue weighted by atomic mass is 10.1. The van der Waals surface area contributed by atoms with E-state index in [9.17, 15) is 4.79 Å². The Balaban J connectivity index is 2.50. The van der Waals surface area contributed by atoms with Gasteiger partial charge in [-0.1, -0.05) is 6.92 Å². The topological polar surface area (TPSA) is 84.4 Å². The van der Waals surface area contributed by atoms with Crippen molar-refractivity contribution in [2.75, 3.05) is 19.6 Å². The lowest BCUT2D eigenvalue weighted by Crippen LogP contribution is -2.48. The Morgan fingerprint density at radius 3 is 2.86 bits per heavy atom. The molecule has 5 N–H and O–H groups in total. The van der Waals surface area contributed by atoms with E-state index in [1.807, 2.05) is 6.92 Å². The number of nitrogens with two attached hydrogens (primary N) is 2. The Kier molecular flexibility index (Phi) is 4.31. The van der Waals surface area contributed by atoms with Gasteiger partial charge in [-0.25, -0.2) is 5.84 Å². The van der Waals surface area contributed by atoms with Crippen LogP contribution in [0.5, 0.6) is 0 Å². The molecule has 0 spiro atoms. The minimum atomic E-state index is -0.0924. The van der Waals surface area contributed by atoms with E-state index < -0.39 is 0 Å². The number of likely N-dealkylation sites (tertiary alicyclic amines) is 1. The molecule has 1 aliphatic heterocycles. The SMILES string of the molecule is CCC(C(=O)NN)N1CCC(CN)C1. The van der Waals surface area contributed by atoms with Crippen molar-refractivity contribution in [3.63, 3.8) is 0 Å². The van der Waals surface area contributed by atoms with Gasteiger partial charge in [0, 0.05) is 6.54 Å². The molecule has 5 nitrogen and oxygen atoms in total. The molecule has 2 unspecified atom stereocenters. The molecule has 0 saturated carbocycles. The maximum absolute atomic E-state index is 11.4. The maximum Gasteiger partial charge on any atom is 0.251 e. The second-order valence-corrected chi connectivity index (χ2v) is 3.82. The summed E-state index contributed by atoms with van der Waals surface area (Å²) in [5.74, 6) is 5.58. The number of amides is 1. The first-order valence-electron chi connectivity index (χ1n) is 5.17. The minimum Gasteiger partial charge on any atom is -0.330 e. The Morgan fingerprint density at radius 1 is 1.71 bits per heavy atom. The zero-order valence-electron chi connectivity index (χ0n) is 8.70. The van der Waals surface area contributed by atoms with Crippen molar-refractivity contribution < 1.29 is 4.79 Å². The number of carbonyl (C=O) groups excluding carboxylic acids is 1. The number of hydrazine groups is 1. The second kappa shape index (κ2) is 5.29. The van der Waals surface area contributed by atoms with Crippen LogP contribution in [0.1, 0.15) is 19.8 Å². The lowest BCUT2D eigenvalue weighted by molar-refractivity contribution is -0.126. The highest BCUT2D eigenvalue weighted by atomic mass is 16.2. The molecule has 1 fully saturated rings. The van der Waals surface area contributed by atoms with Gasteiger partial charge in [0.25, 0.3) is 5.91 Å². The molecule has 14 heavy (non-hydrogen) atoms. The number of rotatable bonds is 4. The van der Waals surface area contributed by atoms with Crippen LogP contribution in [-0.2, 0) is 4.79 Å². The van der Waals surface area contributed by atoms with Crippen LogP contribution in [-0.4, -0.2) is 36.5 Å². The van der Waals surface area contributed by atoms with Gasteiger partial charge < -0.3 is 5.73 Å². The number of carbonyl (C=O) groups is 1. The van der Waals surface area contributed by atoms with Crippen LogP contribution in [0.2, 0.25) is 0 Å². The molecule has 0 aromatic heterocycles. The number of hydrogen-bond donors (Lipinski definition) is 3. The predicted molar refractivity (Wildman–Crippen MR) is 55.1 cm³/mol. The summed E-state index contributed by atoms with van der Waals surface area (Å²) in [5.41, 5.74) is 7.81. The number of nitrogens with zero attached hydrogens (tertiary/aromatic N) is 1. The largest absolute Gasteiger partial charge is 0.330 e. The van der Waals surface area contributed by atoms with Crippen LogP contribution in [0, 0.1) is 5.92 Å². The highest BCUT2D eigenvalue weighted by molar-refractivity contribution is 5.81. The number of hydrogen-bond acceptors (Lipinski definition) is 4. The molecule has 0 aromatic carbocycles. The molecule has 1 aliphatic rings. The summed E-state index contributed by atoms with van der Waals surface area (Å²) in [6.07, 6.45) is 1.88. The third kappa shape index (κ3) is 2.43. The van der Waals surface area contributed by atoms with Crippen LogP contribution in [0.25, 0.3) is 0 Å². The molecule has 82 valence electrons. The summed E-state index contributed by atoms with van der Waals surface area (Å²) in [7, 11) is 0. The van der Waals surface area contributed by atoms with E-state index in [1.54, 1.807) is 0 Å². The summed E-state index contributed by atoms with van der Waals surface area (Å²) in [6, 6.07) is -0.0865. The van der Waals surface area contributed by atoms with E-state index in [0.717, 1.165) is 25.9 Å². The average molecular weight is 200 g/mol. The third-order valence-electron chi connectivity index (χ3n) is 2.92. The molecule has 1 amide bonds. The highest BCUT2D eigenvalue weighted by Gasteiger charge is 2.30. The normalized spacial score (nSPS) is 24.9. The summed E-state index contributed by atoms with van der Waals surface area (Å²) in [6.45, 7) is 4.57. The third-order valence-corrected chi connectivity index (χ3v) is 2.92. The summed E-state index contributed by atoms with van der Waals surface area (Å²) >= 11 is 0. The molecule has 2 atom stereocenters. The molecule has 0 bridgehead atoms. The van der Waals surface area contributed by atoms with Gasteiger partial charge >= 0.3 is 0 Å². The van der Waals surface area contributed by atoms with E-state index in [-0.39, 0.29) is 11.9 Å². The van der Waals surface area contributed by atoms with Crippen molar-refractivity contribution in [3.8, 4) is 0 Å². The summed E-state index contributed by atoms with van der Waals surface area (Å²) in [4.78, 5) is 13.6. The quantitative estimate of drug-likeness (QED) is 0.310. The molecule has 0 aliphatic carbocycles. The predicted octanol–water partition coefficient (Wildman–Crippen LogP) is -0.964. The van der Waals surface area contributed by atoms with Gasteiger partial charge in [0.1, 0.15) is 0 Å². The van der Waals surface area contributed by atoms with E-state index in [1.165, 1.54) is 0 Å². The first-order valence-corrected chi connectivity index (χ1v) is 5.17. The molecule has 1 rings (SSSR count). The fourth-order valence-electron chi connectivity index (χ4n) is 2.04. The van der Waals surface area contributed by atoms with Gasteiger partial charge in [0.15, 0.2) is 0 Å². The van der Waals surface area contributed by atoms with Crippen molar-refractivity contribution >= 4 is 5.91 Å². The van der Waals surface area contributed by atoms with Gasteiger partial charge in [0.05, 0.1) is 6.04 Å². The Bertz CT molecular complexity index is 197. The lowest BCUT2D eigenvalue weighted by Gasteiger charge is -2.24. The second-order valence-electron chi connectivity index (χ2n) is 3.82. The standard InChI is InChI=1S/C9H20N4O/c1-2-8(9(14)12-11)13-4-3-7(5-10)6-13/h7-8H,2-6,10-11H2,1H3,(H,12,14). The van der Waals surface area contributed by atoms with Gasteiger partial charge in [-0.15, -0.1) is 0 Å². The minimum absolute atomic E-state index is 0.0865. The van der Waals surface area contributed by atoms with E-state index in [2.05, 4.69) is 10.3 Å². The summed E-state index contributed by atoms with van der Waals surface area (Å²) < 4.78 is 0. The van der Waals surface area contributed by atoms with E-state index >= 15 is 0 Å². The van der Waals surface area contributed by atoms with Crippen molar-refractivity contribution in [1.82, 2.24) is 10.3 Å². The molecule has 1 heterocycles. The van der Waals surface area contributed by atoms with Crippen molar-refractivity contribution in [3.05, 3.63) is 0 Å². The fourth-order valence-corrected chi connectivity index (χ4v) is 2.04. The van der Waals surface area contributed by atoms with Crippen molar-refractivity contribution in [2.45, 2.75) is 25.8 Å². The molecule has 0 radical (unpaired) electrons. The van der Waals surface area contributed by atoms with Crippen LogP contribution in [0.15, 0.2) is 0 Å². The molecule has 1 saturated heterocycles. The van der Waals surface area contributed by atoms with Crippen LogP contribution < -0.4 is 17.0 Å².